The Hall–Kier alpha value is -2.41. The summed E-state index contributed by atoms with van der Waals surface area (Å²) in [6.45, 7) is 0.688. The number of benzene rings is 1. The van der Waals surface area contributed by atoms with E-state index in [-0.39, 0.29) is 12.3 Å². The monoisotopic (exact) mass is 375 g/mol. The van der Waals surface area contributed by atoms with Crippen molar-refractivity contribution < 1.29 is 14.3 Å². The first-order valence-electron chi connectivity index (χ1n) is 7.05. The van der Waals surface area contributed by atoms with Gasteiger partial charge in [-0.25, -0.2) is 4.79 Å². The van der Waals surface area contributed by atoms with Gasteiger partial charge in [0, 0.05) is 29.2 Å². The lowest BCUT2D eigenvalue weighted by Gasteiger charge is -2.26. The van der Waals surface area contributed by atoms with E-state index >= 15 is 0 Å². The number of urea groups is 1. The van der Waals surface area contributed by atoms with Gasteiger partial charge in [-0.15, -0.1) is 0 Å². The van der Waals surface area contributed by atoms with E-state index in [1.54, 1.807) is 12.4 Å². The Morgan fingerprint density at radius 2 is 2.13 bits per heavy atom. The minimum Gasteiger partial charge on any atom is -0.489 e. The highest BCUT2D eigenvalue weighted by Crippen LogP contribution is 2.21. The number of hydrogen-bond acceptors (Lipinski definition) is 4. The van der Waals surface area contributed by atoms with Gasteiger partial charge >= 0.3 is 6.03 Å². The maximum atomic E-state index is 11.9. The lowest BCUT2D eigenvalue weighted by Crippen LogP contribution is -2.49. The van der Waals surface area contributed by atoms with Gasteiger partial charge < -0.3 is 4.74 Å². The summed E-state index contributed by atoms with van der Waals surface area (Å²) in [5.74, 6) is 0.486. The number of halogens is 1. The van der Waals surface area contributed by atoms with Crippen molar-refractivity contribution in [2.75, 3.05) is 11.4 Å². The van der Waals surface area contributed by atoms with Gasteiger partial charge in [0.25, 0.3) is 0 Å². The van der Waals surface area contributed by atoms with Crippen molar-refractivity contribution in [1.82, 2.24) is 10.3 Å². The molecule has 23 heavy (non-hydrogen) atoms. The zero-order valence-electron chi connectivity index (χ0n) is 12.2. The summed E-state index contributed by atoms with van der Waals surface area (Å²) in [5.41, 5.74) is 1.48. The van der Waals surface area contributed by atoms with Gasteiger partial charge in [-0.2, -0.15) is 0 Å². The molecule has 0 aliphatic carbocycles. The molecule has 3 rings (SSSR count). The van der Waals surface area contributed by atoms with Gasteiger partial charge in [0.2, 0.25) is 5.91 Å². The second-order valence-corrected chi connectivity index (χ2v) is 5.97. The van der Waals surface area contributed by atoms with Gasteiger partial charge in [-0.1, -0.05) is 22.0 Å². The number of hydrogen-bond donors (Lipinski definition) is 1. The third-order valence-electron chi connectivity index (χ3n) is 3.35. The maximum absolute atomic E-state index is 11.9. The molecule has 0 unspecified atom stereocenters. The number of carbonyl (C=O) groups is 2. The Bertz CT molecular complexity index is 751. The standard InChI is InChI=1S/C16H14BrN3O3/c17-12-2-1-3-14(7-12)23-10-11-6-13(9-18-8-11)20-5-4-15(21)19-16(20)22/h1-3,6-9H,4-5,10H2,(H,19,21,22). The highest BCUT2D eigenvalue weighted by molar-refractivity contribution is 9.10. The number of rotatable bonds is 4. The van der Waals surface area contributed by atoms with Crippen molar-refractivity contribution in [3.63, 3.8) is 0 Å². The van der Waals surface area contributed by atoms with Crippen LogP contribution in [0.15, 0.2) is 47.2 Å². The van der Waals surface area contributed by atoms with Crippen LogP contribution in [-0.4, -0.2) is 23.5 Å². The quantitative estimate of drug-likeness (QED) is 0.891. The Labute approximate surface area is 141 Å². The zero-order valence-corrected chi connectivity index (χ0v) is 13.7. The van der Waals surface area contributed by atoms with Crippen LogP contribution in [-0.2, 0) is 11.4 Å². The predicted octanol–water partition coefficient (Wildman–Crippen LogP) is 2.87. The first kappa shape index (κ1) is 15.5. The third-order valence-corrected chi connectivity index (χ3v) is 3.84. The molecule has 1 fully saturated rings. The van der Waals surface area contributed by atoms with Crippen LogP contribution in [0.5, 0.6) is 5.75 Å². The van der Waals surface area contributed by atoms with Gasteiger partial charge in [0.15, 0.2) is 0 Å². The summed E-state index contributed by atoms with van der Waals surface area (Å²) in [6, 6.07) is 8.97. The molecule has 7 heteroatoms. The molecule has 1 aliphatic heterocycles. The molecule has 1 N–H and O–H groups in total. The number of aromatic nitrogens is 1. The topological polar surface area (TPSA) is 71.5 Å². The Kier molecular flexibility index (Phi) is 4.57. The van der Waals surface area contributed by atoms with Gasteiger partial charge in [-0.05, 0) is 24.3 Å². The summed E-state index contributed by atoms with van der Waals surface area (Å²) in [5, 5.41) is 2.30. The second-order valence-electron chi connectivity index (χ2n) is 5.05. The van der Waals surface area contributed by atoms with Crippen molar-refractivity contribution in [2.24, 2.45) is 0 Å². The van der Waals surface area contributed by atoms with Crippen LogP contribution in [0.4, 0.5) is 10.5 Å². The number of imide groups is 1. The fourth-order valence-corrected chi connectivity index (χ4v) is 2.61. The Morgan fingerprint density at radius 3 is 2.91 bits per heavy atom. The molecule has 6 nitrogen and oxygen atoms in total. The molecular weight excluding hydrogens is 362 g/mol. The summed E-state index contributed by atoms with van der Waals surface area (Å²) in [4.78, 5) is 28.7. The smallest absolute Gasteiger partial charge is 0.328 e. The van der Waals surface area contributed by atoms with Crippen LogP contribution in [0.1, 0.15) is 12.0 Å². The second kappa shape index (κ2) is 6.78. The fraction of sp³-hybridized carbons (Fsp3) is 0.188. The normalized spacial score (nSPS) is 14.6. The van der Waals surface area contributed by atoms with Crippen molar-refractivity contribution in [3.05, 3.63) is 52.8 Å². The van der Waals surface area contributed by atoms with Crippen molar-refractivity contribution in [1.29, 1.82) is 0 Å². The SMILES string of the molecule is O=C1CCN(c2cncc(COc3cccc(Br)c3)c2)C(=O)N1. The van der Waals surface area contributed by atoms with Crippen molar-refractivity contribution >= 4 is 33.6 Å². The van der Waals surface area contributed by atoms with E-state index < -0.39 is 6.03 Å². The minimum absolute atomic E-state index is 0.256. The molecule has 0 bridgehead atoms. The van der Waals surface area contributed by atoms with Crippen molar-refractivity contribution in [3.8, 4) is 5.75 Å². The molecule has 1 aliphatic rings. The summed E-state index contributed by atoms with van der Waals surface area (Å²) in [6.07, 6.45) is 3.57. The van der Waals surface area contributed by atoms with E-state index in [2.05, 4.69) is 26.2 Å². The van der Waals surface area contributed by atoms with E-state index in [0.29, 0.717) is 18.8 Å². The molecule has 118 valence electrons. The Balaban J connectivity index is 1.70. The number of nitrogens with zero attached hydrogens (tertiary/aromatic N) is 2. The molecule has 1 aromatic heterocycles. The lowest BCUT2D eigenvalue weighted by molar-refractivity contribution is -0.120. The molecule has 3 amide bonds. The van der Waals surface area contributed by atoms with Crippen LogP contribution in [0.3, 0.4) is 0 Å². The van der Waals surface area contributed by atoms with E-state index in [0.717, 1.165) is 15.8 Å². The van der Waals surface area contributed by atoms with Gasteiger partial charge in [0.1, 0.15) is 12.4 Å². The predicted molar refractivity (Wildman–Crippen MR) is 88.2 cm³/mol. The molecule has 2 heterocycles. The number of ether oxygens (including phenoxy) is 1. The highest BCUT2D eigenvalue weighted by atomic mass is 79.9. The molecule has 0 spiro atoms. The van der Waals surface area contributed by atoms with Gasteiger partial charge in [-0.3, -0.25) is 20.0 Å². The molecule has 0 saturated carbocycles. The third kappa shape index (κ3) is 3.87. The summed E-state index contributed by atoms with van der Waals surface area (Å²) < 4.78 is 6.66. The highest BCUT2D eigenvalue weighted by Gasteiger charge is 2.24. The Morgan fingerprint density at radius 1 is 1.26 bits per heavy atom. The summed E-state index contributed by atoms with van der Waals surface area (Å²) in [7, 11) is 0. The fourth-order valence-electron chi connectivity index (χ4n) is 2.23. The minimum atomic E-state index is -0.423. The van der Waals surface area contributed by atoms with Gasteiger partial charge in [0.05, 0.1) is 11.9 Å². The summed E-state index contributed by atoms with van der Waals surface area (Å²) >= 11 is 3.39. The van der Waals surface area contributed by atoms with E-state index in [1.165, 1.54) is 4.90 Å². The van der Waals surface area contributed by atoms with E-state index in [9.17, 15) is 9.59 Å². The van der Waals surface area contributed by atoms with Crippen LogP contribution >= 0.6 is 15.9 Å². The number of pyridine rings is 1. The lowest BCUT2D eigenvalue weighted by atomic mass is 10.2. The van der Waals surface area contributed by atoms with Crippen LogP contribution < -0.4 is 15.0 Å². The molecule has 1 aromatic carbocycles. The average Bonchev–Trinajstić information content (AvgIpc) is 2.53. The van der Waals surface area contributed by atoms with Crippen LogP contribution in [0.2, 0.25) is 0 Å². The van der Waals surface area contributed by atoms with Crippen LogP contribution in [0, 0.1) is 0 Å². The van der Waals surface area contributed by atoms with E-state index in [4.69, 9.17) is 4.74 Å². The number of anilines is 1. The molecule has 0 radical (unpaired) electrons. The molecular formula is C16H14BrN3O3. The zero-order chi connectivity index (χ0) is 16.2. The molecule has 2 aromatic rings. The first-order chi connectivity index (χ1) is 11.1. The van der Waals surface area contributed by atoms with Crippen LogP contribution in [0.25, 0.3) is 0 Å². The number of carbonyl (C=O) groups excluding carboxylic acids is 2. The maximum Gasteiger partial charge on any atom is 0.328 e. The number of amides is 3. The largest absolute Gasteiger partial charge is 0.489 e. The van der Waals surface area contributed by atoms with Crippen molar-refractivity contribution in [2.45, 2.75) is 13.0 Å². The number of nitrogens with one attached hydrogen (secondary N) is 1. The molecule has 0 atom stereocenters. The average molecular weight is 376 g/mol. The van der Waals surface area contributed by atoms with E-state index in [1.807, 2.05) is 30.3 Å². The first-order valence-corrected chi connectivity index (χ1v) is 7.85. The molecule has 1 saturated heterocycles.